The van der Waals surface area contributed by atoms with E-state index in [0.717, 1.165) is 23.7 Å². The van der Waals surface area contributed by atoms with Gasteiger partial charge in [0.05, 0.1) is 5.69 Å². The molecule has 0 fully saturated rings. The summed E-state index contributed by atoms with van der Waals surface area (Å²) in [5, 5.41) is 1.03. The zero-order valence-corrected chi connectivity index (χ0v) is 12.6. The van der Waals surface area contributed by atoms with Crippen molar-refractivity contribution < 1.29 is 0 Å². The summed E-state index contributed by atoms with van der Waals surface area (Å²) in [6.45, 7) is 4.87. The smallest absolute Gasteiger partial charge is 0.190 e. The summed E-state index contributed by atoms with van der Waals surface area (Å²) in [5.41, 5.74) is 9.43. The molecule has 1 aromatic heterocycles. The van der Waals surface area contributed by atoms with Gasteiger partial charge < -0.3 is 10.6 Å². The van der Waals surface area contributed by atoms with Crippen molar-refractivity contribution in [3.63, 3.8) is 0 Å². The molecule has 2 N–H and O–H groups in total. The van der Waals surface area contributed by atoms with Gasteiger partial charge in [0, 0.05) is 24.2 Å². The van der Waals surface area contributed by atoms with Gasteiger partial charge in [0.25, 0.3) is 0 Å². The number of aryl methyl sites for hydroxylation is 2. The van der Waals surface area contributed by atoms with E-state index in [-0.39, 0.29) is 0 Å². The molecule has 102 valence electrons. The molecule has 0 atom stereocenters. The Labute approximate surface area is 119 Å². The van der Waals surface area contributed by atoms with E-state index in [1.807, 2.05) is 0 Å². The summed E-state index contributed by atoms with van der Waals surface area (Å²) in [6, 6.07) is 8.36. The van der Waals surface area contributed by atoms with Crippen molar-refractivity contribution in [1.29, 1.82) is 0 Å². The maximum absolute atomic E-state index is 5.81. The molecule has 0 aliphatic heterocycles. The fraction of sp³-hybridized carbons (Fsp3) is 0.400. The molecule has 0 amide bonds. The van der Waals surface area contributed by atoms with E-state index in [1.165, 1.54) is 16.1 Å². The molecule has 0 aliphatic rings. The summed E-state index contributed by atoms with van der Waals surface area (Å²) in [7, 11) is 2.07. The van der Waals surface area contributed by atoms with E-state index >= 15 is 0 Å². The van der Waals surface area contributed by atoms with Crippen molar-refractivity contribution in [2.45, 2.75) is 33.2 Å². The van der Waals surface area contributed by atoms with Crippen LogP contribution in [0, 0.1) is 6.92 Å². The third kappa shape index (κ3) is 2.96. The van der Waals surface area contributed by atoms with E-state index in [9.17, 15) is 0 Å². The SMILES string of the molecule is CCCc1nc(N(C)c2ccccc2C)sc1CN. The summed E-state index contributed by atoms with van der Waals surface area (Å²) in [4.78, 5) is 8.11. The van der Waals surface area contributed by atoms with Crippen molar-refractivity contribution in [2.24, 2.45) is 5.73 Å². The molecular weight excluding hydrogens is 254 g/mol. The predicted molar refractivity (Wildman–Crippen MR) is 83.2 cm³/mol. The zero-order chi connectivity index (χ0) is 13.8. The fourth-order valence-corrected chi connectivity index (χ4v) is 3.11. The number of rotatable bonds is 5. The minimum atomic E-state index is 0.578. The lowest BCUT2D eigenvalue weighted by Crippen LogP contribution is -2.10. The van der Waals surface area contributed by atoms with Crippen LogP contribution in [0.25, 0.3) is 0 Å². The van der Waals surface area contributed by atoms with Crippen LogP contribution in [0.5, 0.6) is 0 Å². The Morgan fingerprint density at radius 3 is 2.68 bits per heavy atom. The predicted octanol–water partition coefficient (Wildman–Crippen LogP) is 3.63. The Morgan fingerprint density at radius 2 is 2.05 bits per heavy atom. The third-order valence-corrected chi connectivity index (χ3v) is 4.40. The van der Waals surface area contributed by atoms with Crippen LogP contribution >= 0.6 is 11.3 Å². The van der Waals surface area contributed by atoms with Gasteiger partial charge in [-0.05, 0) is 25.0 Å². The second-order valence-corrected chi connectivity index (χ2v) is 5.73. The highest BCUT2D eigenvalue weighted by molar-refractivity contribution is 7.15. The van der Waals surface area contributed by atoms with Crippen molar-refractivity contribution >= 4 is 22.2 Å². The Hall–Kier alpha value is -1.39. The highest BCUT2D eigenvalue weighted by Gasteiger charge is 2.14. The molecule has 0 unspecified atom stereocenters. The molecular formula is C15H21N3S. The first-order valence-corrected chi connectivity index (χ1v) is 7.47. The summed E-state index contributed by atoms with van der Waals surface area (Å²) < 4.78 is 0. The molecule has 0 saturated heterocycles. The number of nitrogens with zero attached hydrogens (tertiary/aromatic N) is 2. The number of nitrogens with two attached hydrogens (primary N) is 1. The number of anilines is 2. The first kappa shape index (κ1) is 14.0. The van der Waals surface area contributed by atoms with Crippen LogP contribution in [0.2, 0.25) is 0 Å². The van der Waals surface area contributed by atoms with Crippen LogP contribution in [-0.2, 0) is 13.0 Å². The van der Waals surface area contributed by atoms with Gasteiger partial charge in [-0.1, -0.05) is 42.9 Å². The molecule has 1 heterocycles. The Morgan fingerprint density at radius 1 is 1.32 bits per heavy atom. The topological polar surface area (TPSA) is 42.2 Å². The first-order valence-electron chi connectivity index (χ1n) is 6.65. The lowest BCUT2D eigenvalue weighted by Gasteiger charge is -2.18. The van der Waals surface area contributed by atoms with E-state index in [0.29, 0.717) is 6.54 Å². The van der Waals surface area contributed by atoms with Crippen LogP contribution in [0.4, 0.5) is 10.8 Å². The van der Waals surface area contributed by atoms with Gasteiger partial charge in [0.15, 0.2) is 5.13 Å². The number of benzene rings is 1. The average Bonchev–Trinajstić information content (AvgIpc) is 2.82. The normalized spacial score (nSPS) is 10.7. The standard InChI is InChI=1S/C15H21N3S/c1-4-7-12-14(10-16)19-15(17-12)18(3)13-9-6-5-8-11(13)2/h5-6,8-9H,4,7,10,16H2,1-3H3. The highest BCUT2D eigenvalue weighted by Crippen LogP contribution is 2.32. The second kappa shape index (κ2) is 6.17. The lowest BCUT2D eigenvalue weighted by atomic mass is 10.2. The van der Waals surface area contributed by atoms with E-state index in [1.54, 1.807) is 11.3 Å². The molecule has 0 saturated carbocycles. The van der Waals surface area contributed by atoms with Gasteiger partial charge in [-0.25, -0.2) is 4.98 Å². The monoisotopic (exact) mass is 275 g/mol. The molecule has 3 nitrogen and oxygen atoms in total. The molecule has 2 aromatic rings. The largest absolute Gasteiger partial charge is 0.326 e. The second-order valence-electron chi connectivity index (χ2n) is 4.67. The summed E-state index contributed by atoms with van der Waals surface area (Å²) >= 11 is 1.70. The van der Waals surface area contributed by atoms with Crippen molar-refractivity contribution in [1.82, 2.24) is 4.98 Å². The van der Waals surface area contributed by atoms with Crippen molar-refractivity contribution in [3.05, 3.63) is 40.4 Å². The number of hydrogen-bond acceptors (Lipinski definition) is 4. The van der Waals surface area contributed by atoms with Gasteiger partial charge in [0.1, 0.15) is 0 Å². The van der Waals surface area contributed by atoms with Crippen molar-refractivity contribution in [3.8, 4) is 0 Å². The Kier molecular flexibility index (Phi) is 4.56. The Bertz CT molecular complexity index is 548. The van der Waals surface area contributed by atoms with Crippen LogP contribution in [0.1, 0.15) is 29.5 Å². The number of aromatic nitrogens is 1. The maximum Gasteiger partial charge on any atom is 0.190 e. The molecule has 4 heteroatoms. The van der Waals surface area contributed by atoms with Gasteiger partial charge >= 0.3 is 0 Å². The molecule has 1 aromatic carbocycles. The molecule has 19 heavy (non-hydrogen) atoms. The number of para-hydroxylation sites is 1. The molecule has 0 spiro atoms. The number of thiazole rings is 1. The Balaban J connectivity index is 2.34. The lowest BCUT2D eigenvalue weighted by molar-refractivity contribution is 0.869. The maximum atomic E-state index is 5.81. The summed E-state index contributed by atoms with van der Waals surface area (Å²) in [6.07, 6.45) is 2.11. The minimum Gasteiger partial charge on any atom is -0.326 e. The van der Waals surface area contributed by atoms with E-state index < -0.39 is 0 Å². The van der Waals surface area contributed by atoms with Crippen LogP contribution < -0.4 is 10.6 Å². The molecule has 0 aliphatic carbocycles. The minimum absolute atomic E-state index is 0.578. The van der Waals surface area contributed by atoms with Gasteiger partial charge in [-0.3, -0.25) is 0 Å². The molecule has 0 bridgehead atoms. The van der Waals surface area contributed by atoms with E-state index in [2.05, 4.69) is 50.1 Å². The number of hydrogen-bond donors (Lipinski definition) is 1. The van der Waals surface area contributed by atoms with Crippen LogP contribution in [0.15, 0.2) is 24.3 Å². The van der Waals surface area contributed by atoms with Gasteiger partial charge in [0.2, 0.25) is 0 Å². The van der Waals surface area contributed by atoms with Crippen LogP contribution in [-0.4, -0.2) is 12.0 Å². The van der Waals surface area contributed by atoms with Crippen LogP contribution in [0.3, 0.4) is 0 Å². The highest BCUT2D eigenvalue weighted by atomic mass is 32.1. The van der Waals surface area contributed by atoms with Gasteiger partial charge in [-0.15, -0.1) is 0 Å². The van der Waals surface area contributed by atoms with E-state index in [4.69, 9.17) is 10.7 Å². The summed E-state index contributed by atoms with van der Waals surface area (Å²) in [5.74, 6) is 0. The van der Waals surface area contributed by atoms with Gasteiger partial charge in [-0.2, -0.15) is 0 Å². The quantitative estimate of drug-likeness (QED) is 0.906. The molecule has 2 rings (SSSR count). The third-order valence-electron chi connectivity index (χ3n) is 3.20. The molecule has 0 radical (unpaired) electrons. The first-order chi connectivity index (χ1) is 9.17. The fourth-order valence-electron chi connectivity index (χ4n) is 2.15. The zero-order valence-electron chi connectivity index (χ0n) is 11.8. The van der Waals surface area contributed by atoms with Crippen molar-refractivity contribution in [2.75, 3.05) is 11.9 Å². The average molecular weight is 275 g/mol.